The third kappa shape index (κ3) is 5.05. The molecule has 7 nitrogen and oxygen atoms in total. The van der Waals surface area contributed by atoms with Crippen LogP contribution in [0.2, 0.25) is 5.02 Å². The van der Waals surface area contributed by atoms with Crippen molar-refractivity contribution in [1.82, 2.24) is 10.6 Å². The molecule has 26 heavy (non-hydrogen) atoms. The maximum Gasteiger partial charge on any atom is 0.328 e. The number of carboxylic acid groups (broad SMARTS) is 1. The van der Waals surface area contributed by atoms with Crippen LogP contribution in [0.25, 0.3) is 0 Å². The highest BCUT2D eigenvalue weighted by Gasteiger charge is 2.22. The first-order valence-electron chi connectivity index (χ1n) is 7.77. The van der Waals surface area contributed by atoms with Crippen LogP contribution >= 0.6 is 11.6 Å². The van der Waals surface area contributed by atoms with E-state index < -0.39 is 23.8 Å². The Morgan fingerprint density at radius 2 is 1.77 bits per heavy atom. The van der Waals surface area contributed by atoms with Gasteiger partial charge in [0.25, 0.3) is 11.8 Å². The molecule has 0 heterocycles. The fourth-order valence-corrected chi connectivity index (χ4v) is 2.48. The number of hydrogen-bond donors (Lipinski definition) is 4. The van der Waals surface area contributed by atoms with Gasteiger partial charge in [-0.1, -0.05) is 35.9 Å². The minimum atomic E-state index is -1.31. The first-order valence-corrected chi connectivity index (χ1v) is 8.15. The molecule has 2 rings (SSSR count). The Kier molecular flexibility index (Phi) is 6.71. The molecule has 0 spiro atoms. The van der Waals surface area contributed by atoms with Crippen LogP contribution in [0.15, 0.2) is 48.5 Å². The van der Waals surface area contributed by atoms with E-state index in [1.807, 2.05) is 0 Å². The number of benzene rings is 2. The van der Waals surface area contributed by atoms with E-state index in [-0.39, 0.29) is 23.7 Å². The molecule has 0 aliphatic carbocycles. The number of rotatable bonds is 7. The number of amides is 2. The van der Waals surface area contributed by atoms with Gasteiger partial charge in [0.1, 0.15) is 6.04 Å². The summed E-state index contributed by atoms with van der Waals surface area (Å²) in [5.74, 6) is -2.36. The summed E-state index contributed by atoms with van der Waals surface area (Å²) in [5.41, 5.74) is 6.77. The van der Waals surface area contributed by atoms with Crippen LogP contribution in [-0.4, -0.2) is 35.5 Å². The van der Waals surface area contributed by atoms with Gasteiger partial charge in [-0.3, -0.25) is 9.59 Å². The van der Waals surface area contributed by atoms with Gasteiger partial charge in [0.05, 0.1) is 10.6 Å². The van der Waals surface area contributed by atoms with Crippen LogP contribution in [-0.2, 0) is 11.3 Å². The molecule has 0 saturated heterocycles. The summed E-state index contributed by atoms with van der Waals surface area (Å²) < 4.78 is 0. The monoisotopic (exact) mass is 375 g/mol. The van der Waals surface area contributed by atoms with E-state index in [2.05, 4.69) is 10.6 Å². The molecular formula is C18H18ClN3O4. The number of nitrogens with two attached hydrogens (primary N) is 1. The average Bonchev–Trinajstić information content (AvgIpc) is 2.64. The maximum absolute atomic E-state index is 12.3. The number of carbonyl (C=O) groups excluding carboxylic acids is 2. The van der Waals surface area contributed by atoms with Gasteiger partial charge in [0.2, 0.25) is 0 Å². The molecule has 2 aromatic rings. The molecule has 5 N–H and O–H groups in total. The first kappa shape index (κ1) is 19.4. The number of halogens is 1. The van der Waals surface area contributed by atoms with Gasteiger partial charge in [0.15, 0.2) is 0 Å². The molecular weight excluding hydrogens is 358 g/mol. The molecule has 0 aliphatic rings. The third-order valence-corrected chi connectivity index (χ3v) is 3.93. The second-order valence-corrected chi connectivity index (χ2v) is 5.87. The zero-order valence-electron chi connectivity index (χ0n) is 13.7. The topological polar surface area (TPSA) is 122 Å². The second-order valence-electron chi connectivity index (χ2n) is 5.46. The molecule has 2 aromatic carbocycles. The summed E-state index contributed by atoms with van der Waals surface area (Å²) >= 11 is 6.04. The highest BCUT2D eigenvalue weighted by atomic mass is 35.5. The summed E-state index contributed by atoms with van der Waals surface area (Å²) in [5, 5.41) is 14.3. The largest absolute Gasteiger partial charge is 0.480 e. The van der Waals surface area contributed by atoms with Crippen LogP contribution in [0.1, 0.15) is 26.3 Å². The summed E-state index contributed by atoms with van der Waals surface area (Å²) in [6.07, 6.45) is 0. The Labute approximate surface area is 155 Å². The normalized spacial score (nSPS) is 11.5. The SMILES string of the molecule is NCc1ccc(C(=O)N[C@@H](CNC(=O)c2ccccc2)C(=O)O)c(Cl)c1. The van der Waals surface area contributed by atoms with Gasteiger partial charge in [-0.2, -0.15) is 0 Å². The maximum atomic E-state index is 12.3. The van der Waals surface area contributed by atoms with E-state index >= 15 is 0 Å². The zero-order chi connectivity index (χ0) is 19.1. The van der Waals surface area contributed by atoms with Crippen molar-refractivity contribution in [2.24, 2.45) is 5.73 Å². The van der Waals surface area contributed by atoms with Crippen molar-refractivity contribution in [2.75, 3.05) is 6.54 Å². The molecule has 0 unspecified atom stereocenters. The first-order chi connectivity index (χ1) is 12.4. The summed E-state index contributed by atoms with van der Waals surface area (Å²) in [6, 6.07) is 11.7. The predicted molar refractivity (Wildman–Crippen MR) is 97.0 cm³/mol. The van der Waals surface area contributed by atoms with Gasteiger partial charge in [-0.15, -0.1) is 0 Å². The molecule has 136 valence electrons. The molecule has 1 atom stereocenters. The average molecular weight is 376 g/mol. The van der Waals surface area contributed by atoms with E-state index in [0.717, 1.165) is 5.56 Å². The van der Waals surface area contributed by atoms with Crippen molar-refractivity contribution < 1.29 is 19.5 Å². The summed E-state index contributed by atoms with van der Waals surface area (Å²) in [6.45, 7) is -0.00179. The van der Waals surface area contributed by atoms with Gasteiger partial charge < -0.3 is 21.5 Å². The van der Waals surface area contributed by atoms with Crippen molar-refractivity contribution >= 4 is 29.4 Å². The lowest BCUT2D eigenvalue weighted by molar-refractivity contribution is -0.139. The van der Waals surface area contributed by atoms with Gasteiger partial charge in [-0.25, -0.2) is 4.79 Å². The van der Waals surface area contributed by atoms with Crippen molar-refractivity contribution in [3.63, 3.8) is 0 Å². The summed E-state index contributed by atoms with van der Waals surface area (Å²) in [4.78, 5) is 35.7. The fraction of sp³-hybridized carbons (Fsp3) is 0.167. The molecule has 8 heteroatoms. The summed E-state index contributed by atoms with van der Waals surface area (Å²) in [7, 11) is 0. The second kappa shape index (κ2) is 8.98. The van der Waals surface area contributed by atoms with E-state index in [0.29, 0.717) is 5.56 Å². The van der Waals surface area contributed by atoms with Gasteiger partial charge >= 0.3 is 5.97 Å². The van der Waals surface area contributed by atoms with Crippen LogP contribution in [0.4, 0.5) is 0 Å². The Morgan fingerprint density at radius 3 is 2.35 bits per heavy atom. The minimum absolute atomic E-state index is 0.129. The van der Waals surface area contributed by atoms with Gasteiger partial charge in [-0.05, 0) is 29.8 Å². The molecule has 0 bridgehead atoms. The smallest absolute Gasteiger partial charge is 0.328 e. The van der Waals surface area contributed by atoms with Crippen LogP contribution in [0, 0.1) is 0 Å². The Morgan fingerprint density at radius 1 is 1.08 bits per heavy atom. The standard InChI is InChI=1S/C18H18ClN3O4/c19-14-8-11(9-20)6-7-13(14)17(24)22-15(18(25)26)10-21-16(23)12-4-2-1-3-5-12/h1-8,15H,9-10,20H2,(H,21,23)(H,22,24)(H,25,26)/t15-/m0/s1. The van der Waals surface area contributed by atoms with Crippen LogP contribution < -0.4 is 16.4 Å². The Bertz CT molecular complexity index is 811. The molecule has 2 amide bonds. The molecule has 0 radical (unpaired) electrons. The lowest BCUT2D eigenvalue weighted by atomic mass is 10.1. The number of aliphatic carboxylic acids is 1. The van der Waals surface area contributed by atoms with Crippen molar-refractivity contribution in [2.45, 2.75) is 12.6 Å². The minimum Gasteiger partial charge on any atom is -0.480 e. The number of carboxylic acids is 1. The van der Waals surface area contributed by atoms with Gasteiger partial charge in [0, 0.05) is 18.7 Å². The van der Waals surface area contributed by atoms with E-state index in [9.17, 15) is 19.5 Å². The highest BCUT2D eigenvalue weighted by Crippen LogP contribution is 2.17. The zero-order valence-corrected chi connectivity index (χ0v) is 14.5. The Balaban J connectivity index is 2.02. The third-order valence-electron chi connectivity index (χ3n) is 3.62. The number of carbonyl (C=O) groups is 3. The van der Waals surface area contributed by atoms with E-state index in [4.69, 9.17) is 17.3 Å². The number of hydrogen-bond acceptors (Lipinski definition) is 4. The quantitative estimate of drug-likeness (QED) is 0.583. The molecule has 0 aromatic heterocycles. The van der Waals surface area contributed by atoms with E-state index in [1.165, 1.54) is 6.07 Å². The van der Waals surface area contributed by atoms with Crippen LogP contribution in [0.5, 0.6) is 0 Å². The molecule has 0 aliphatic heterocycles. The van der Waals surface area contributed by atoms with E-state index in [1.54, 1.807) is 42.5 Å². The molecule has 0 saturated carbocycles. The van der Waals surface area contributed by atoms with Crippen LogP contribution in [0.3, 0.4) is 0 Å². The highest BCUT2D eigenvalue weighted by molar-refractivity contribution is 6.34. The predicted octanol–water partition coefficient (Wildman–Crippen LogP) is 1.41. The van der Waals surface area contributed by atoms with Crippen molar-refractivity contribution in [3.05, 3.63) is 70.2 Å². The Hall–Kier alpha value is -2.90. The lowest BCUT2D eigenvalue weighted by Gasteiger charge is -2.16. The fourth-order valence-electron chi connectivity index (χ4n) is 2.19. The van der Waals surface area contributed by atoms with Crippen molar-refractivity contribution in [3.8, 4) is 0 Å². The molecule has 0 fully saturated rings. The van der Waals surface area contributed by atoms with Crippen molar-refractivity contribution in [1.29, 1.82) is 0 Å². The number of nitrogens with one attached hydrogen (secondary N) is 2. The lowest BCUT2D eigenvalue weighted by Crippen LogP contribution is -2.48.